The highest BCUT2D eigenvalue weighted by Gasteiger charge is 2.53. The third kappa shape index (κ3) is 5.50. The molecule has 2 spiro atoms. The zero-order chi connectivity index (χ0) is 28.3. The highest BCUT2D eigenvalue weighted by molar-refractivity contribution is 7.92. The summed E-state index contributed by atoms with van der Waals surface area (Å²) >= 11 is 0. The molecule has 2 heterocycles. The molecular weight excluding hydrogens is 536 g/mol. The number of amides is 1. The van der Waals surface area contributed by atoms with Crippen LogP contribution in [0.25, 0.3) is 0 Å². The lowest BCUT2D eigenvalue weighted by Gasteiger charge is -2.38. The second-order valence-corrected chi connectivity index (χ2v) is 14.3. The monoisotopic (exact) mass is 573 g/mol. The third-order valence-corrected chi connectivity index (χ3v) is 10.2. The van der Waals surface area contributed by atoms with Gasteiger partial charge in [-0.1, -0.05) is 12.1 Å². The maximum Gasteiger partial charge on any atom is 0.258 e. The zero-order valence-electron chi connectivity index (χ0n) is 22.8. The Bertz CT molecular complexity index is 1410. The number of fused-ring (bicyclic) bond motifs is 2. The molecule has 0 radical (unpaired) electrons. The van der Waals surface area contributed by atoms with Crippen molar-refractivity contribution >= 4 is 27.3 Å². The summed E-state index contributed by atoms with van der Waals surface area (Å²) in [6.07, 6.45) is 6.49. The van der Waals surface area contributed by atoms with Crippen molar-refractivity contribution in [3.63, 3.8) is 0 Å². The minimum absolute atomic E-state index is 0.166. The Morgan fingerprint density at radius 3 is 2.33 bits per heavy atom. The number of carbonyl (C=O) groups is 1. The fourth-order valence-corrected chi connectivity index (χ4v) is 7.49. The Balaban J connectivity index is 1.24. The van der Waals surface area contributed by atoms with E-state index in [-0.39, 0.29) is 43.8 Å². The molecule has 1 atom stereocenters. The molecule has 2 aromatic rings. The van der Waals surface area contributed by atoms with E-state index in [0.717, 1.165) is 43.2 Å². The molecule has 1 saturated heterocycles. The van der Waals surface area contributed by atoms with Gasteiger partial charge in [0.1, 0.15) is 0 Å². The van der Waals surface area contributed by atoms with Crippen molar-refractivity contribution in [1.82, 2.24) is 4.90 Å². The molecule has 0 aromatic heterocycles. The van der Waals surface area contributed by atoms with Gasteiger partial charge in [0, 0.05) is 61.4 Å². The lowest BCUT2D eigenvalue weighted by molar-refractivity contribution is -0.0612. The Hall–Kier alpha value is -2.56. The van der Waals surface area contributed by atoms with E-state index >= 15 is 0 Å². The van der Waals surface area contributed by atoms with Gasteiger partial charge in [-0.15, -0.1) is 0 Å². The highest BCUT2D eigenvalue weighted by atomic mass is 32.2. The van der Waals surface area contributed by atoms with Crippen LogP contribution in [0.2, 0.25) is 0 Å². The number of carbonyl (C=O) groups excluding carboxylic acids is 1. The number of hydrogen-bond acceptors (Lipinski definition) is 5. The molecule has 1 unspecified atom stereocenters. The van der Waals surface area contributed by atoms with Gasteiger partial charge in [0.05, 0.1) is 12.4 Å². The lowest BCUT2D eigenvalue weighted by atomic mass is 9.66. The molecule has 2 aliphatic heterocycles. The molecule has 2 aliphatic carbocycles. The van der Waals surface area contributed by atoms with Crippen LogP contribution in [-0.2, 0) is 15.4 Å². The van der Waals surface area contributed by atoms with E-state index in [0.29, 0.717) is 28.8 Å². The quantitative estimate of drug-likeness (QED) is 0.504. The van der Waals surface area contributed by atoms with Crippen LogP contribution in [0, 0.1) is 5.41 Å². The van der Waals surface area contributed by atoms with Gasteiger partial charge in [-0.25, -0.2) is 17.2 Å². The maximum atomic E-state index is 14.0. The lowest BCUT2D eigenvalue weighted by Crippen LogP contribution is -2.41. The first kappa shape index (κ1) is 27.6. The minimum Gasteiger partial charge on any atom is -0.387 e. The van der Waals surface area contributed by atoms with Crippen LogP contribution in [0.5, 0.6) is 0 Å². The first-order chi connectivity index (χ1) is 18.9. The van der Waals surface area contributed by atoms with E-state index in [1.54, 1.807) is 30.3 Å². The average Bonchev–Trinajstić information content (AvgIpc) is 3.60. The number of β-amino-alcohol motifs (C(OH)–C–C–N with tert-alkyl or cyclic N) is 1. The van der Waals surface area contributed by atoms with Gasteiger partial charge in [0.15, 0.2) is 0 Å². The molecule has 2 saturated carbocycles. The van der Waals surface area contributed by atoms with Crippen molar-refractivity contribution in [1.29, 1.82) is 0 Å². The number of anilines is 2. The van der Waals surface area contributed by atoms with Gasteiger partial charge >= 0.3 is 0 Å². The minimum atomic E-state index is -3.44. The molecule has 4 aliphatic rings. The van der Waals surface area contributed by atoms with Crippen molar-refractivity contribution in [2.75, 3.05) is 42.1 Å². The molecule has 6 rings (SSSR count). The van der Waals surface area contributed by atoms with Crippen LogP contribution in [0.15, 0.2) is 42.5 Å². The second kappa shape index (κ2) is 9.77. The maximum absolute atomic E-state index is 14.0. The van der Waals surface area contributed by atoms with Crippen molar-refractivity contribution in [2.24, 2.45) is 5.41 Å². The van der Waals surface area contributed by atoms with Gasteiger partial charge in [-0.2, -0.15) is 0 Å². The smallest absolute Gasteiger partial charge is 0.258 e. The van der Waals surface area contributed by atoms with E-state index in [4.69, 9.17) is 0 Å². The van der Waals surface area contributed by atoms with Gasteiger partial charge < -0.3 is 10.0 Å². The largest absolute Gasteiger partial charge is 0.387 e. The highest BCUT2D eigenvalue weighted by Crippen LogP contribution is 2.62. The van der Waals surface area contributed by atoms with E-state index < -0.39 is 22.0 Å². The zero-order valence-corrected chi connectivity index (χ0v) is 23.7. The molecule has 0 bridgehead atoms. The number of aliphatic hydroxyl groups excluding tert-OH is 1. The average molecular weight is 574 g/mol. The number of nitrogens with one attached hydrogen (secondary N) is 1. The summed E-state index contributed by atoms with van der Waals surface area (Å²) in [5.41, 5.74) is 3.60. The number of nitrogens with zero attached hydrogens (tertiary/aromatic N) is 2. The van der Waals surface area contributed by atoms with Crippen LogP contribution in [0.4, 0.5) is 20.2 Å². The Morgan fingerprint density at radius 2 is 1.68 bits per heavy atom. The summed E-state index contributed by atoms with van der Waals surface area (Å²) in [6, 6.07) is 12.4. The van der Waals surface area contributed by atoms with Gasteiger partial charge in [-0.05, 0) is 85.4 Å². The van der Waals surface area contributed by atoms with E-state index in [1.807, 2.05) is 21.9 Å². The normalized spacial score (nSPS) is 23.6. The number of benzene rings is 2. The van der Waals surface area contributed by atoms with Crippen molar-refractivity contribution in [2.45, 2.75) is 68.8 Å². The summed E-state index contributed by atoms with van der Waals surface area (Å²) in [6.45, 7) is 1.23. The number of piperidine rings is 1. The summed E-state index contributed by atoms with van der Waals surface area (Å²) in [5, 5.41) is 10.9. The molecule has 10 heteroatoms. The summed E-state index contributed by atoms with van der Waals surface area (Å²) in [7, 11) is -3.44. The van der Waals surface area contributed by atoms with Crippen molar-refractivity contribution < 1.29 is 27.1 Å². The first-order valence-electron chi connectivity index (χ1n) is 14.2. The van der Waals surface area contributed by atoms with Crippen LogP contribution in [-0.4, -0.2) is 62.7 Å². The van der Waals surface area contributed by atoms with Crippen molar-refractivity contribution in [3.05, 3.63) is 59.2 Å². The van der Waals surface area contributed by atoms with Crippen molar-refractivity contribution in [3.8, 4) is 0 Å². The van der Waals surface area contributed by atoms with E-state index in [2.05, 4.69) is 4.72 Å². The summed E-state index contributed by atoms with van der Waals surface area (Å²) < 4.78 is 53.5. The van der Waals surface area contributed by atoms with Gasteiger partial charge in [-0.3, -0.25) is 14.4 Å². The predicted molar refractivity (Wildman–Crippen MR) is 150 cm³/mol. The Labute approximate surface area is 234 Å². The molecule has 2 aromatic carbocycles. The number of likely N-dealkylation sites (tertiary alicyclic amines) is 1. The standard InChI is InChI=1S/C30H37F2N3O4S/c1-40(38,39)33-23-5-6-25-24(18-23)29(11-9-28(7-8-28)10-12-29)20-35(25)27(37)22-4-2-3-21(17-22)26(36)19-34-15-13-30(31,32)14-16-34/h2-6,17-18,26,33,36H,7-16,19-20H2,1H3. The fourth-order valence-electron chi connectivity index (χ4n) is 6.94. The van der Waals surface area contributed by atoms with E-state index in [9.17, 15) is 27.1 Å². The molecule has 2 N–H and O–H groups in total. The molecule has 40 heavy (non-hydrogen) atoms. The molecule has 216 valence electrons. The molecule has 3 fully saturated rings. The van der Waals surface area contributed by atoms with Gasteiger partial charge in [0.25, 0.3) is 11.8 Å². The van der Waals surface area contributed by atoms with E-state index in [1.165, 1.54) is 12.8 Å². The summed E-state index contributed by atoms with van der Waals surface area (Å²) in [4.78, 5) is 17.6. The molecular formula is C30H37F2N3O4S. The SMILES string of the molecule is CS(=O)(=O)Nc1ccc2c(c1)C1(CCC3(CC3)CC1)CN2C(=O)c1cccc(C(O)CN2CCC(F)(F)CC2)c1. The molecule has 1 amide bonds. The first-order valence-corrected chi connectivity index (χ1v) is 16.1. The number of halogens is 2. The van der Waals surface area contributed by atoms with Crippen LogP contribution < -0.4 is 9.62 Å². The number of sulfonamides is 1. The van der Waals surface area contributed by atoms with Crippen LogP contribution in [0.1, 0.15) is 79.0 Å². The number of rotatable bonds is 6. The number of hydrogen-bond donors (Lipinski definition) is 2. The third-order valence-electron chi connectivity index (χ3n) is 9.63. The van der Waals surface area contributed by atoms with Crippen LogP contribution >= 0.6 is 0 Å². The Morgan fingerprint density at radius 1 is 1.00 bits per heavy atom. The predicted octanol–water partition coefficient (Wildman–Crippen LogP) is 5.08. The fraction of sp³-hybridized carbons (Fsp3) is 0.567. The number of alkyl halides is 2. The topological polar surface area (TPSA) is 90.0 Å². The number of aliphatic hydroxyl groups is 1. The van der Waals surface area contributed by atoms with Gasteiger partial charge in [0.2, 0.25) is 10.0 Å². The van der Waals surface area contributed by atoms with Crippen LogP contribution in [0.3, 0.4) is 0 Å². The Kier molecular flexibility index (Phi) is 6.74. The second-order valence-electron chi connectivity index (χ2n) is 12.6. The molecule has 7 nitrogen and oxygen atoms in total. The summed E-state index contributed by atoms with van der Waals surface area (Å²) in [5.74, 6) is -2.81.